The Morgan fingerprint density at radius 1 is 1.05 bits per heavy atom. The van der Waals surface area contributed by atoms with Crippen LogP contribution in [0, 0.1) is 6.92 Å². The average Bonchev–Trinajstić information content (AvgIpc) is 2.56. The Bertz CT molecular complexity index is 638. The second-order valence-corrected chi connectivity index (χ2v) is 5.01. The quantitative estimate of drug-likeness (QED) is 0.892. The highest BCUT2D eigenvalue weighted by Crippen LogP contribution is 2.28. The van der Waals surface area contributed by atoms with Crippen LogP contribution in [0.4, 0.5) is 0 Å². The molecule has 2 rings (SSSR count). The van der Waals surface area contributed by atoms with Crippen LogP contribution < -0.4 is 14.8 Å². The molecule has 0 aliphatic heterocycles. The van der Waals surface area contributed by atoms with Gasteiger partial charge in [0.1, 0.15) is 11.5 Å². The third kappa shape index (κ3) is 3.79. The van der Waals surface area contributed by atoms with Crippen LogP contribution in [0.3, 0.4) is 0 Å². The Kier molecular flexibility index (Phi) is 5.42. The van der Waals surface area contributed by atoms with Gasteiger partial charge in [-0.1, -0.05) is 18.2 Å². The Hall–Kier alpha value is -2.49. The van der Waals surface area contributed by atoms with Gasteiger partial charge in [-0.25, -0.2) is 0 Å². The molecule has 0 spiro atoms. The summed E-state index contributed by atoms with van der Waals surface area (Å²) < 4.78 is 10.7. The van der Waals surface area contributed by atoms with Crippen molar-refractivity contribution in [1.29, 1.82) is 0 Å². The molecular weight excluding hydrogens is 278 g/mol. The summed E-state index contributed by atoms with van der Waals surface area (Å²) in [5.74, 6) is 1.57. The van der Waals surface area contributed by atoms with E-state index in [-0.39, 0.29) is 5.91 Å². The number of aryl methyl sites for hydroxylation is 1. The standard InChI is InChI=1S/C18H21NO3/c1-13-11-17(22-3)15(12-16(13)21-2)9-10-19-18(20)14-7-5-4-6-8-14/h4-8,11-12H,9-10H2,1-3H3,(H,19,20). The predicted molar refractivity (Wildman–Crippen MR) is 86.8 cm³/mol. The fourth-order valence-electron chi connectivity index (χ4n) is 2.31. The lowest BCUT2D eigenvalue weighted by molar-refractivity contribution is 0.0954. The summed E-state index contributed by atoms with van der Waals surface area (Å²) >= 11 is 0. The first-order valence-electron chi connectivity index (χ1n) is 7.20. The van der Waals surface area contributed by atoms with E-state index in [0.29, 0.717) is 18.5 Å². The van der Waals surface area contributed by atoms with Gasteiger partial charge < -0.3 is 14.8 Å². The van der Waals surface area contributed by atoms with E-state index in [1.54, 1.807) is 26.4 Å². The molecule has 2 aromatic carbocycles. The number of rotatable bonds is 6. The van der Waals surface area contributed by atoms with Gasteiger partial charge in [-0.05, 0) is 48.7 Å². The smallest absolute Gasteiger partial charge is 0.251 e. The highest BCUT2D eigenvalue weighted by atomic mass is 16.5. The summed E-state index contributed by atoms with van der Waals surface area (Å²) in [4.78, 5) is 12.0. The first-order valence-corrected chi connectivity index (χ1v) is 7.20. The van der Waals surface area contributed by atoms with Gasteiger partial charge in [-0.3, -0.25) is 4.79 Å². The summed E-state index contributed by atoms with van der Waals surface area (Å²) in [7, 11) is 3.29. The molecule has 0 heterocycles. The molecular formula is C18H21NO3. The first-order chi connectivity index (χ1) is 10.7. The Morgan fingerprint density at radius 3 is 2.36 bits per heavy atom. The molecule has 0 aliphatic rings. The Morgan fingerprint density at radius 2 is 1.73 bits per heavy atom. The van der Waals surface area contributed by atoms with Crippen molar-refractivity contribution in [3.05, 3.63) is 59.2 Å². The number of ether oxygens (including phenoxy) is 2. The molecule has 22 heavy (non-hydrogen) atoms. The minimum Gasteiger partial charge on any atom is -0.496 e. The molecule has 1 N–H and O–H groups in total. The number of carbonyl (C=O) groups is 1. The van der Waals surface area contributed by atoms with Crippen LogP contribution in [0.25, 0.3) is 0 Å². The van der Waals surface area contributed by atoms with Crippen LogP contribution in [-0.2, 0) is 6.42 Å². The van der Waals surface area contributed by atoms with E-state index in [4.69, 9.17) is 9.47 Å². The average molecular weight is 299 g/mol. The maximum absolute atomic E-state index is 12.0. The molecule has 4 heteroatoms. The summed E-state index contributed by atoms with van der Waals surface area (Å²) in [5, 5.41) is 2.92. The molecule has 2 aromatic rings. The lowest BCUT2D eigenvalue weighted by Gasteiger charge is -2.13. The zero-order chi connectivity index (χ0) is 15.9. The van der Waals surface area contributed by atoms with Gasteiger partial charge in [0, 0.05) is 12.1 Å². The third-order valence-corrected chi connectivity index (χ3v) is 3.51. The minimum atomic E-state index is -0.0707. The van der Waals surface area contributed by atoms with E-state index < -0.39 is 0 Å². The summed E-state index contributed by atoms with van der Waals surface area (Å²) in [6, 6.07) is 13.1. The van der Waals surface area contributed by atoms with E-state index in [0.717, 1.165) is 22.6 Å². The van der Waals surface area contributed by atoms with Crippen molar-refractivity contribution >= 4 is 5.91 Å². The largest absolute Gasteiger partial charge is 0.496 e. The van der Waals surface area contributed by atoms with Crippen LogP contribution in [-0.4, -0.2) is 26.7 Å². The van der Waals surface area contributed by atoms with Crippen molar-refractivity contribution in [2.75, 3.05) is 20.8 Å². The molecule has 0 radical (unpaired) electrons. The van der Waals surface area contributed by atoms with Crippen LogP contribution in [0.5, 0.6) is 11.5 Å². The molecule has 0 aliphatic carbocycles. The first kappa shape index (κ1) is 15.9. The molecule has 1 amide bonds. The lowest BCUT2D eigenvalue weighted by atomic mass is 10.1. The van der Waals surface area contributed by atoms with Crippen LogP contribution in [0.1, 0.15) is 21.5 Å². The molecule has 0 atom stereocenters. The number of carbonyl (C=O) groups excluding carboxylic acids is 1. The maximum atomic E-state index is 12.0. The second-order valence-electron chi connectivity index (χ2n) is 5.01. The van der Waals surface area contributed by atoms with Crippen molar-refractivity contribution in [2.45, 2.75) is 13.3 Å². The van der Waals surface area contributed by atoms with Gasteiger partial charge in [-0.2, -0.15) is 0 Å². The fourth-order valence-corrected chi connectivity index (χ4v) is 2.31. The second kappa shape index (κ2) is 7.50. The summed E-state index contributed by atoms with van der Waals surface area (Å²) in [6.07, 6.45) is 0.679. The number of benzene rings is 2. The maximum Gasteiger partial charge on any atom is 0.251 e. The number of hydrogen-bond donors (Lipinski definition) is 1. The number of hydrogen-bond acceptors (Lipinski definition) is 3. The van der Waals surface area contributed by atoms with E-state index in [1.807, 2.05) is 37.3 Å². The van der Waals surface area contributed by atoms with Crippen molar-refractivity contribution in [3.63, 3.8) is 0 Å². The summed E-state index contributed by atoms with van der Waals surface area (Å²) in [5.41, 5.74) is 2.70. The van der Waals surface area contributed by atoms with Crippen molar-refractivity contribution in [3.8, 4) is 11.5 Å². The molecule has 0 saturated carbocycles. The van der Waals surface area contributed by atoms with Gasteiger partial charge in [0.15, 0.2) is 0 Å². The summed E-state index contributed by atoms with van der Waals surface area (Å²) in [6.45, 7) is 2.51. The molecule has 4 nitrogen and oxygen atoms in total. The molecule has 0 unspecified atom stereocenters. The van der Waals surface area contributed by atoms with Crippen LogP contribution >= 0.6 is 0 Å². The van der Waals surface area contributed by atoms with Crippen molar-refractivity contribution < 1.29 is 14.3 Å². The van der Waals surface area contributed by atoms with Gasteiger partial charge in [0.05, 0.1) is 14.2 Å². The predicted octanol–water partition coefficient (Wildman–Crippen LogP) is 2.98. The SMILES string of the molecule is COc1cc(CCNC(=O)c2ccccc2)c(OC)cc1C. The van der Waals surface area contributed by atoms with Gasteiger partial charge in [-0.15, -0.1) is 0 Å². The lowest BCUT2D eigenvalue weighted by Crippen LogP contribution is -2.25. The number of methoxy groups -OCH3 is 2. The van der Waals surface area contributed by atoms with Crippen molar-refractivity contribution in [1.82, 2.24) is 5.32 Å². The van der Waals surface area contributed by atoms with Crippen LogP contribution in [0.2, 0.25) is 0 Å². The monoisotopic (exact) mass is 299 g/mol. The normalized spacial score (nSPS) is 10.1. The Labute approximate surface area is 131 Å². The number of amides is 1. The zero-order valence-electron chi connectivity index (χ0n) is 13.2. The van der Waals surface area contributed by atoms with E-state index in [9.17, 15) is 4.79 Å². The van der Waals surface area contributed by atoms with Gasteiger partial charge >= 0.3 is 0 Å². The van der Waals surface area contributed by atoms with Crippen molar-refractivity contribution in [2.24, 2.45) is 0 Å². The molecule has 0 saturated heterocycles. The molecule has 0 bridgehead atoms. The highest BCUT2D eigenvalue weighted by molar-refractivity contribution is 5.94. The van der Waals surface area contributed by atoms with Gasteiger partial charge in [0.25, 0.3) is 5.91 Å². The molecule has 116 valence electrons. The molecule has 0 fully saturated rings. The highest BCUT2D eigenvalue weighted by Gasteiger charge is 2.09. The van der Waals surface area contributed by atoms with E-state index in [2.05, 4.69) is 5.32 Å². The third-order valence-electron chi connectivity index (χ3n) is 3.51. The van der Waals surface area contributed by atoms with Gasteiger partial charge in [0.2, 0.25) is 0 Å². The zero-order valence-corrected chi connectivity index (χ0v) is 13.2. The minimum absolute atomic E-state index is 0.0707. The fraction of sp³-hybridized carbons (Fsp3) is 0.278. The topological polar surface area (TPSA) is 47.6 Å². The van der Waals surface area contributed by atoms with E-state index >= 15 is 0 Å². The van der Waals surface area contributed by atoms with E-state index in [1.165, 1.54) is 0 Å². The molecule has 0 aromatic heterocycles. The number of nitrogens with one attached hydrogen (secondary N) is 1. The van der Waals surface area contributed by atoms with Crippen LogP contribution in [0.15, 0.2) is 42.5 Å². The Balaban J connectivity index is 2.01.